The van der Waals surface area contributed by atoms with Gasteiger partial charge in [0, 0.05) is 8.95 Å². The van der Waals surface area contributed by atoms with Crippen molar-refractivity contribution in [2.24, 2.45) is 0 Å². The molecule has 6 nitrogen and oxygen atoms in total. The number of hydrogen-bond acceptors (Lipinski definition) is 6. The van der Waals surface area contributed by atoms with Crippen LogP contribution in [0.2, 0.25) is 0 Å². The van der Waals surface area contributed by atoms with Crippen LogP contribution >= 0.6 is 54.5 Å². The molecule has 1 N–H and O–H groups in total. The summed E-state index contributed by atoms with van der Waals surface area (Å²) >= 11 is 9.10. The predicted octanol–water partition coefficient (Wildman–Crippen LogP) is 13.9. The monoisotopic (exact) mass is 996 g/mol. The number of para-hydroxylation sites is 7. The third kappa shape index (κ3) is 11.8. The molecular weight excluding hydrogens is 959 g/mol. The first-order valence-electron chi connectivity index (χ1n) is 15.6. The molecule has 0 radical (unpaired) electrons. The summed E-state index contributed by atoms with van der Waals surface area (Å²) in [4.78, 5) is 1.45. The third-order valence-electron chi connectivity index (χ3n) is 7.35. The predicted molar refractivity (Wildman–Crippen MR) is 231 cm³/mol. The molecule has 0 heterocycles. The zero-order valence-electron chi connectivity index (χ0n) is 30.8. The van der Waals surface area contributed by atoms with Gasteiger partial charge in [0.05, 0.1) is 43.4 Å². The van der Waals surface area contributed by atoms with E-state index in [0.717, 1.165) is 13.8 Å². The van der Waals surface area contributed by atoms with Crippen molar-refractivity contribution < 1.29 is 36.5 Å². The number of hydrogen-bond donors (Lipinski definition) is 1. The number of benzene rings is 6. The zero-order chi connectivity index (χ0) is 38.5. The third-order valence-corrected chi connectivity index (χ3v) is 10.5. The minimum absolute atomic E-state index is 0. The van der Waals surface area contributed by atoms with E-state index in [2.05, 4.69) is 59.8 Å². The Kier molecular flexibility index (Phi) is 19.4. The molecule has 0 amide bonds. The fourth-order valence-corrected chi connectivity index (χ4v) is 6.34. The quantitative estimate of drug-likeness (QED) is 0.0885. The SMILES string of the molecule is COc1cccc(Br)c1I.COc1ccccc1N(c1c(F)cccc1F)c1c(Br)cccc1OC.COc1ccccc1Nc1c(F)cccc1F.[CH3-].[CH3-]. The Morgan fingerprint density at radius 1 is 0.491 bits per heavy atom. The maximum atomic E-state index is 14.7. The molecule has 0 aromatic heterocycles. The Morgan fingerprint density at radius 2 is 0.927 bits per heavy atom. The van der Waals surface area contributed by atoms with Gasteiger partial charge in [0.2, 0.25) is 0 Å². The molecule has 0 aliphatic heterocycles. The van der Waals surface area contributed by atoms with Crippen LogP contribution in [-0.2, 0) is 0 Å². The van der Waals surface area contributed by atoms with E-state index < -0.39 is 23.3 Å². The molecule has 0 bridgehead atoms. The standard InChI is InChI=1S/C20H16BrF2NO2.C13H11F2NO.C7H6BrIO.2CH3/c1-25-17-11-4-3-10-16(17)24(20-14(22)8-6-9-15(20)23)19-13(21)7-5-12-18(19)26-2;1-17-12-8-3-2-7-11(12)16-13-9(14)5-4-6-10(13)15;1-10-6-4-2-3-5(8)7(6)9;;/h3-12H,1-2H3;2-8,16H,1H3;2-4H,1H3;2*1H3/q;;;2*-1. The van der Waals surface area contributed by atoms with Gasteiger partial charge in [-0.05, 0) is 127 Å². The number of nitrogens with one attached hydrogen (secondary N) is 1. The topological polar surface area (TPSA) is 52.2 Å². The van der Waals surface area contributed by atoms with Crippen LogP contribution in [0.3, 0.4) is 0 Å². The smallest absolute Gasteiger partial charge is 0.150 e. The van der Waals surface area contributed by atoms with Crippen molar-refractivity contribution in [2.75, 3.05) is 38.7 Å². The van der Waals surface area contributed by atoms with Gasteiger partial charge in [0.25, 0.3) is 0 Å². The number of methoxy groups -OCH3 is 4. The fraction of sp³-hybridized carbons (Fsp3) is 0.0952. The normalized spacial score (nSPS) is 9.80. The maximum Gasteiger partial charge on any atom is 0.150 e. The first-order chi connectivity index (χ1) is 25.6. The van der Waals surface area contributed by atoms with Crippen LogP contribution in [0.4, 0.5) is 46.0 Å². The number of anilines is 5. The zero-order valence-corrected chi connectivity index (χ0v) is 36.1. The average molecular weight is 998 g/mol. The van der Waals surface area contributed by atoms with Crippen molar-refractivity contribution in [2.45, 2.75) is 0 Å². The van der Waals surface area contributed by atoms with Crippen molar-refractivity contribution in [3.63, 3.8) is 0 Å². The molecule has 6 aromatic carbocycles. The number of rotatable bonds is 9. The second kappa shape index (κ2) is 22.8. The Labute approximate surface area is 350 Å². The highest BCUT2D eigenvalue weighted by molar-refractivity contribution is 14.1. The highest BCUT2D eigenvalue weighted by Gasteiger charge is 2.27. The Morgan fingerprint density at radius 3 is 1.47 bits per heavy atom. The second-order valence-electron chi connectivity index (χ2n) is 10.5. The van der Waals surface area contributed by atoms with E-state index in [4.69, 9.17) is 18.9 Å². The van der Waals surface area contributed by atoms with Gasteiger partial charge in [-0.15, -0.1) is 0 Å². The van der Waals surface area contributed by atoms with Gasteiger partial charge in [-0.25, -0.2) is 17.6 Å². The van der Waals surface area contributed by atoms with E-state index >= 15 is 0 Å². The second-order valence-corrected chi connectivity index (χ2v) is 13.3. The summed E-state index contributed by atoms with van der Waals surface area (Å²) in [5.74, 6) is -0.333. The van der Waals surface area contributed by atoms with Gasteiger partial charge in [0.1, 0.15) is 63.3 Å². The van der Waals surface area contributed by atoms with E-state index in [9.17, 15) is 17.6 Å². The maximum absolute atomic E-state index is 14.7. The summed E-state index contributed by atoms with van der Waals surface area (Å²) < 4.78 is 80.1. The van der Waals surface area contributed by atoms with Gasteiger partial charge in [-0.1, -0.05) is 48.5 Å². The molecule has 0 aliphatic rings. The molecule has 0 atom stereocenters. The van der Waals surface area contributed by atoms with Crippen LogP contribution < -0.4 is 29.2 Å². The minimum atomic E-state index is -0.700. The van der Waals surface area contributed by atoms with Crippen LogP contribution in [-0.4, -0.2) is 28.4 Å². The lowest BCUT2D eigenvalue weighted by Crippen LogP contribution is -2.16. The van der Waals surface area contributed by atoms with Gasteiger partial charge < -0.3 is 39.1 Å². The largest absolute Gasteiger partial charge is 0.496 e. The van der Waals surface area contributed by atoms with Crippen LogP contribution in [0.25, 0.3) is 0 Å². The average Bonchev–Trinajstić information content (AvgIpc) is 3.16. The molecule has 6 rings (SSSR count). The molecule has 0 spiro atoms. The van der Waals surface area contributed by atoms with Crippen LogP contribution in [0, 0.1) is 41.7 Å². The summed E-state index contributed by atoms with van der Waals surface area (Å²) in [6, 6.07) is 32.6. The summed E-state index contributed by atoms with van der Waals surface area (Å²) in [6.45, 7) is 0. The lowest BCUT2D eigenvalue weighted by molar-refractivity contribution is 0.411. The summed E-state index contributed by atoms with van der Waals surface area (Å²) in [5, 5.41) is 2.68. The van der Waals surface area contributed by atoms with Crippen LogP contribution in [0.1, 0.15) is 0 Å². The van der Waals surface area contributed by atoms with E-state index in [-0.39, 0.29) is 26.2 Å². The van der Waals surface area contributed by atoms with Crippen molar-refractivity contribution >= 4 is 82.9 Å². The highest BCUT2D eigenvalue weighted by atomic mass is 127. The molecular formula is C42H39Br2F4IN2O4-2. The van der Waals surface area contributed by atoms with Crippen molar-refractivity contribution in [3.8, 4) is 23.0 Å². The summed E-state index contributed by atoms with van der Waals surface area (Å²) in [5.41, 5.74) is 1.05. The van der Waals surface area contributed by atoms with E-state index in [1.807, 2.05) is 18.2 Å². The van der Waals surface area contributed by atoms with Gasteiger partial charge in [0.15, 0.2) is 0 Å². The molecule has 0 saturated carbocycles. The summed E-state index contributed by atoms with van der Waals surface area (Å²) in [7, 11) is 6.18. The van der Waals surface area contributed by atoms with E-state index in [1.165, 1.54) is 62.6 Å². The van der Waals surface area contributed by atoms with Crippen molar-refractivity contribution in [1.82, 2.24) is 0 Å². The first kappa shape index (κ1) is 46.7. The van der Waals surface area contributed by atoms with E-state index in [0.29, 0.717) is 38.8 Å². The Hall–Kier alpha value is -4.47. The lowest BCUT2D eigenvalue weighted by Gasteiger charge is -2.29. The Balaban J connectivity index is 0.000000310. The molecule has 0 saturated heterocycles. The first-order valence-corrected chi connectivity index (χ1v) is 18.2. The molecule has 13 heteroatoms. The molecule has 0 fully saturated rings. The Bertz CT molecular complexity index is 2100. The fourth-order valence-electron chi connectivity index (χ4n) is 4.89. The molecule has 55 heavy (non-hydrogen) atoms. The summed E-state index contributed by atoms with van der Waals surface area (Å²) in [6.07, 6.45) is 0. The van der Waals surface area contributed by atoms with Gasteiger partial charge in [-0.2, -0.15) is 0 Å². The minimum Gasteiger partial charge on any atom is -0.496 e. The van der Waals surface area contributed by atoms with Gasteiger partial charge >= 0.3 is 0 Å². The molecule has 6 aromatic rings. The van der Waals surface area contributed by atoms with Crippen molar-refractivity contribution in [1.29, 1.82) is 0 Å². The van der Waals surface area contributed by atoms with Crippen LogP contribution in [0.5, 0.6) is 23.0 Å². The lowest BCUT2D eigenvalue weighted by atomic mass is 10.1. The molecule has 0 unspecified atom stereocenters. The molecule has 292 valence electrons. The number of nitrogens with zero attached hydrogens (tertiary/aromatic N) is 1. The highest BCUT2D eigenvalue weighted by Crippen LogP contribution is 2.48. The number of ether oxygens (including phenoxy) is 4. The van der Waals surface area contributed by atoms with Crippen LogP contribution in [0.15, 0.2) is 130 Å². The van der Waals surface area contributed by atoms with Crippen molar-refractivity contribution in [3.05, 3.63) is 172 Å². The number of halogens is 7. The van der Waals surface area contributed by atoms with E-state index in [1.54, 1.807) is 73.8 Å². The molecule has 0 aliphatic carbocycles. The van der Waals surface area contributed by atoms with Gasteiger partial charge in [-0.3, -0.25) is 4.90 Å².